The van der Waals surface area contributed by atoms with E-state index in [1.54, 1.807) is 6.07 Å². The summed E-state index contributed by atoms with van der Waals surface area (Å²) in [7, 11) is 0. The largest absolute Gasteiger partial charge is 0.345 e. The molecular weight excluding hydrogens is 389 g/mol. The van der Waals surface area contributed by atoms with E-state index in [2.05, 4.69) is 16.0 Å². The van der Waals surface area contributed by atoms with Crippen LogP contribution >= 0.6 is 23.2 Å². The molecule has 0 heterocycles. The quantitative estimate of drug-likeness (QED) is 0.687. The predicted molar refractivity (Wildman–Crippen MR) is 106 cm³/mol. The number of hydrogen-bond donors (Lipinski definition) is 3. The van der Waals surface area contributed by atoms with Crippen molar-refractivity contribution in [3.63, 3.8) is 0 Å². The zero-order valence-corrected chi connectivity index (χ0v) is 16.4. The summed E-state index contributed by atoms with van der Waals surface area (Å²) < 4.78 is 0. The van der Waals surface area contributed by atoms with E-state index >= 15 is 0 Å². The minimum atomic E-state index is -0.508. The number of benzene rings is 2. The number of anilines is 1. The van der Waals surface area contributed by atoms with E-state index in [-0.39, 0.29) is 29.6 Å². The smallest absolute Gasteiger partial charge is 0.253 e. The Balaban J connectivity index is 1.77. The molecule has 0 aliphatic heterocycles. The van der Waals surface area contributed by atoms with Gasteiger partial charge in [0.15, 0.2) is 0 Å². The number of amides is 3. The van der Waals surface area contributed by atoms with E-state index in [1.807, 2.05) is 26.0 Å². The van der Waals surface area contributed by atoms with Gasteiger partial charge in [-0.2, -0.15) is 0 Å². The van der Waals surface area contributed by atoms with Crippen molar-refractivity contribution >= 4 is 46.6 Å². The molecule has 0 atom stereocenters. The van der Waals surface area contributed by atoms with Crippen LogP contribution in [0.1, 0.15) is 21.5 Å². The number of nitrogens with one attached hydrogen (secondary N) is 3. The lowest BCUT2D eigenvalue weighted by Crippen LogP contribution is -2.40. The van der Waals surface area contributed by atoms with E-state index in [0.717, 1.165) is 11.1 Å². The molecule has 0 aromatic heterocycles. The third kappa shape index (κ3) is 6.27. The normalized spacial score (nSPS) is 10.2. The summed E-state index contributed by atoms with van der Waals surface area (Å²) >= 11 is 11.7. The first-order valence-electron chi connectivity index (χ1n) is 8.13. The van der Waals surface area contributed by atoms with E-state index in [1.165, 1.54) is 18.2 Å². The molecule has 8 heteroatoms. The fourth-order valence-corrected chi connectivity index (χ4v) is 2.69. The molecular formula is C19H19Cl2N3O3. The minimum absolute atomic E-state index is 0.188. The van der Waals surface area contributed by atoms with Crippen LogP contribution in [-0.2, 0) is 9.59 Å². The van der Waals surface area contributed by atoms with E-state index < -0.39 is 11.8 Å². The van der Waals surface area contributed by atoms with Gasteiger partial charge in [0, 0.05) is 10.7 Å². The summed E-state index contributed by atoms with van der Waals surface area (Å²) in [5.74, 6) is -1.37. The average molecular weight is 408 g/mol. The molecule has 3 amide bonds. The van der Waals surface area contributed by atoms with Gasteiger partial charge in [0.2, 0.25) is 11.8 Å². The molecule has 0 fully saturated rings. The van der Waals surface area contributed by atoms with Crippen molar-refractivity contribution in [3.8, 4) is 0 Å². The standard InChI is InChI=1S/C19H19Cl2N3O3/c1-11-3-5-14(7-12(11)2)24-18(26)10-22-17(25)9-23-19(27)15-6-4-13(20)8-16(15)21/h3-8H,9-10H2,1-2H3,(H,22,25)(H,23,27)(H,24,26). The van der Waals surface area contributed by atoms with Gasteiger partial charge in [-0.25, -0.2) is 0 Å². The first-order chi connectivity index (χ1) is 12.8. The summed E-state index contributed by atoms with van der Waals surface area (Å²) in [6, 6.07) is 9.98. The van der Waals surface area contributed by atoms with Gasteiger partial charge in [0.05, 0.1) is 23.7 Å². The van der Waals surface area contributed by atoms with E-state index in [4.69, 9.17) is 23.2 Å². The molecule has 2 aromatic carbocycles. The lowest BCUT2D eigenvalue weighted by molar-refractivity contribution is -0.123. The first kappa shape index (κ1) is 20.7. The summed E-state index contributed by atoms with van der Waals surface area (Å²) in [4.78, 5) is 35.7. The Morgan fingerprint density at radius 2 is 1.56 bits per heavy atom. The van der Waals surface area contributed by atoms with Crippen molar-refractivity contribution in [2.75, 3.05) is 18.4 Å². The van der Waals surface area contributed by atoms with Gasteiger partial charge >= 0.3 is 0 Å². The van der Waals surface area contributed by atoms with Crippen molar-refractivity contribution < 1.29 is 14.4 Å². The number of hydrogen-bond acceptors (Lipinski definition) is 3. The van der Waals surface area contributed by atoms with Crippen LogP contribution < -0.4 is 16.0 Å². The maximum absolute atomic E-state index is 12.0. The zero-order valence-electron chi connectivity index (χ0n) is 14.9. The maximum Gasteiger partial charge on any atom is 0.253 e. The number of carbonyl (C=O) groups excluding carboxylic acids is 3. The second-order valence-electron chi connectivity index (χ2n) is 5.93. The summed E-state index contributed by atoms with van der Waals surface area (Å²) in [6.07, 6.45) is 0. The van der Waals surface area contributed by atoms with Crippen LogP contribution in [0.2, 0.25) is 10.0 Å². The molecule has 0 saturated heterocycles. The van der Waals surface area contributed by atoms with Crippen LogP contribution in [0.5, 0.6) is 0 Å². The van der Waals surface area contributed by atoms with Crippen LogP contribution in [0.4, 0.5) is 5.69 Å². The predicted octanol–water partition coefficient (Wildman–Crippen LogP) is 3.09. The van der Waals surface area contributed by atoms with E-state index in [9.17, 15) is 14.4 Å². The van der Waals surface area contributed by atoms with Crippen LogP contribution in [0, 0.1) is 13.8 Å². The van der Waals surface area contributed by atoms with Crippen molar-refractivity contribution in [2.45, 2.75) is 13.8 Å². The fourth-order valence-electron chi connectivity index (χ4n) is 2.20. The summed E-state index contributed by atoms with van der Waals surface area (Å²) in [5, 5.41) is 8.17. The molecule has 0 spiro atoms. The monoisotopic (exact) mass is 407 g/mol. The molecule has 0 unspecified atom stereocenters. The molecule has 2 aromatic rings. The SMILES string of the molecule is Cc1ccc(NC(=O)CNC(=O)CNC(=O)c2ccc(Cl)cc2Cl)cc1C. The Morgan fingerprint density at radius 3 is 2.22 bits per heavy atom. The molecule has 0 aliphatic rings. The van der Waals surface area contributed by atoms with Gasteiger partial charge in [-0.3, -0.25) is 14.4 Å². The molecule has 2 rings (SSSR count). The summed E-state index contributed by atoms with van der Waals surface area (Å²) in [5.41, 5.74) is 3.04. The highest BCUT2D eigenvalue weighted by Gasteiger charge is 2.12. The Hall–Kier alpha value is -2.57. The van der Waals surface area contributed by atoms with Gasteiger partial charge < -0.3 is 16.0 Å². The fraction of sp³-hybridized carbons (Fsp3) is 0.211. The average Bonchev–Trinajstić information content (AvgIpc) is 2.61. The highest BCUT2D eigenvalue weighted by molar-refractivity contribution is 6.36. The molecule has 142 valence electrons. The van der Waals surface area contributed by atoms with Gasteiger partial charge in [-0.15, -0.1) is 0 Å². The van der Waals surface area contributed by atoms with Gasteiger partial charge in [0.25, 0.3) is 5.91 Å². The lowest BCUT2D eigenvalue weighted by Gasteiger charge is -2.10. The number of carbonyl (C=O) groups is 3. The van der Waals surface area contributed by atoms with Crippen molar-refractivity contribution in [2.24, 2.45) is 0 Å². The maximum atomic E-state index is 12.0. The van der Waals surface area contributed by atoms with Crippen LogP contribution in [0.15, 0.2) is 36.4 Å². The van der Waals surface area contributed by atoms with Crippen molar-refractivity contribution in [1.29, 1.82) is 0 Å². The molecule has 3 N–H and O–H groups in total. The first-order valence-corrected chi connectivity index (χ1v) is 8.89. The van der Waals surface area contributed by atoms with Gasteiger partial charge in [0.1, 0.15) is 0 Å². The molecule has 0 bridgehead atoms. The lowest BCUT2D eigenvalue weighted by atomic mass is 10.1. The van der Waals surface area contributed by atoms with Crippen molar-refractivity contribution in [1.82, 2.24) is 10.6 Å². The highest BCUT2D eigenvalue weighted by atomic mass is 35.5. The Kier molecular flexibility index (Phi) is 7.21. The zero-order chi connectivity index (χ0) is 20.0. The number of halogens is 2. The number of aryl methyl sites for hydroxylation is 2. The minimum Gasteiger partial charge on any atom is -0.345 e. The van der Waals surface area contributed by atoms with Crippen LogP contribution in [0.25, 0.3) is 0 Å². The second-order valence-corrected chi connectivity index (χ2v) is 6.77. The Labute approximate surface area is 167 Å². The number of rotatable bonds is 6. The third-order valence-corrected chi connectivity index (χ3v) is 4.37. The Morgan fingerprint density at radius 1 is 0.852 bits per heavy atom. The van der Waals surface area contributed by atoms with Crippen LogP contribution in [0.3, 0.4) is 0 Å². The van der Waals surface area contributed by atoms with Gasteiger partial charge in [-0.1, -0.05) is 29.3 Å². The second kappa shape index (κ2) is 9.39. The van der Waals surface area contributed by atoms with Crippen LogP contribution in [-0.4, -0.2) is 30.8 Å². The summed E-state index contributed by atoms with van der Waals surface area (Å²) in [6.45, 7) is 3.44. The van der Waals surface area contributed by atoms with E-state index in [0.29, 0.717) is 10.7 Å². The Bertz CT molecular complexity index is 884. The van der Waals surface area contributed by atoms with Crippen molar-refractivity contribution in [3.05, 3.63) is 63.1 Å². The topological polar surface area (TPSA) is 87.3 Å². The molecule has 0 radical (unpaired) electrons. The molecule has 0 saturated carbocycles. The highest BCUT2D eigenvalue weighted by Crippen LogP contribution is 2.20. The third-order valence-electron chi connectivity index (χ3n) is 3.82. The molecule has 0 aliphatic carbocycles. The van der Waals surface area contributed by atoms with Gasteiger partial charge in [-0.05, 0) is 55.3 Å². The molecule has 27 heavy (non-hydrogen) atoms. The molecule has 6 nitrogen and oxygen atoms in total.